The summed E-state index contributed by atoms with van der Waals surface area (Å²) in [5, 5.41) is 18.9. The Balaban J connectivity index is 2.02. The van der Waals surface area contributed by atoms with Gasteiger partial charge in [-0.25, -0.2) is 0 Å². The number of β-amino-alcohol motifs (C(OH)–C–C–N with tert-alkyl or cyclic N) is 1. The quantitative estimate of drug-likeness (QED) is 0.811. The van der Waals surface area contributed by atoms with E-state index < -0.39 is 0 Å². The number of nitrogens with zero attached hydrogens (tertiary/aromatic N) is 1. The van der Waals surface area contributed by atoms with Crippen molar-refractivity contribution in [3.63, 3.8) is 0 Å². The second-order valence-electron chi connectivity index (χ2n) is 4.91. The third kappa shape index (κ3) is 3.29. The van der Waals surface area contributed by atoms with Gasteiger partial charge in [-0.15, -0.1) is 0 Å². The molecule has 0 spiro atoms. The first kappa shape index (κ1) is 13.5. The topological polar surface area (TPSA) is 52.9 Å². The summed E-state index contributed by atoms with van der Waals surface area (Å²) in [5.74, 6) is 0. The van der Waals surface area contributed by atoms with Crippen LogP contribution in [0.4, 0.5) is 0 Å². The van der Waals surface area contributed by atoms with E-state index in [4.69, 9.17) is 4.74 Å². The van der Waals surface area contributed by atoms with Crippen LogP contribution in [0.3, 0.4) is 0 Å². The fourth-order valence-corrected chi connectivity index (χ4v) is 2.56. The number of methoxy groups -OCH3 is 1. The zero-order valence-electron chi connectivity index (χ0n) is 10.7. The summed E-state index contributed by atoms with van der Waals surface area (Å²) in [6, 6.07) is 8.31. The number of ether oxygens (including phenoxy) is 1. The van der Waals surface area contributed by atoms with Crippen molar-refractivity contribution in [2.45, 2.75) is 31.7 Å². The van der Waals surface area contributed by atoms with E-state index >= 15 is 0 Å². The molecule has 4 nitrogen and oxygen atoms in total. The van der Waals surface area contributed by atoms with Crippen LogP contribution in [0.5, 0.6) is 0 Å². The Labute approximate surface area is 108 Å². The molecule has 0 aromatic heterocycles. The van der Waals surface area contributed by atoms with Crippen molar-refractivity contribution < 1.29 is 14.9 Å². The van der Waals surface area contributed by atoms with E-state index in [2.05, 4.69) is 17.0 Å². The summed E-state index contributed by atoms with van der Waals surface area (Å²) in [6.07, 6.45) is 0.346. The SMILES string of the molecule is COCc1cccc(CN2C[C@@H](O)C[C@H]2CO)c1. The summed E-state index contributed by atoms with van der Waals surface area (Å²) in [5.41, 5.74) is 2.34. The van der Waals surface area contributed by atoms with Gasteiger partial charge < -0.3 is 14.9 Å². The molecule has 4 heteroatoms. The lowest BCUT2D eigenvalue weighted by molar-refractivity contribution is 0.149. The van der Waals surface area contributed by atoms with E-state index in [0.29, 0.717) is 19.6 Å². The van der Waals surface area contributed by atoms with Crippen LogP contribution in [0, 0.1) is 0 Å². The normalized spacial score (nSPS) is 24.6. The number of aliphatic hydroxyl groups is 2. The van der Waals surface area contributed by atoms with Gasteiger partial charge in [0.1, 0.15) is 0 Å². The molecule has 1 aliphatic heterocycles. The van der Waals surface area contributed by atoms with Gasteiger partial charge >= 0.3 is 0 Å². The Bertz CT molecular complexity index is 383. The Morgan fingerprint density at radius 3 is 2.89 bits per heavy atom. The van der Waals surface area contributed by atoms with E-state index in [9.17, 15) is 10.2 Å². The van der Waals surface area contributed by atoms with Gasteiger partial charge in [0, 0.05) is 26.2 Å². The molecule has 0 amide bonds. The molecule has 1 aromatic carbocycles. The molecule has 1 aliphatic rings. The molecular weight excluding hydrogens is 230 g/mol. The van der Waals surface area contributed by atoms with E-state index in [0.717, 1.165) is 12.1 Å². The monoisotopic (exact) mass is 251 g/mol. The zero-order chi connectivity index (χ0) is 13.0. The summed E-state index contributed by atoms with van der Waals surface area (Å²) >= 11 is 0. The van der Waals surface area contributed by atoms with E-state index in [-0.39, 0.29) is 18.8 Å². The van der Waals surface area contributed by atoms with Gasteiger partial charge in [-0.1, -0.05) is 24.3 Å². The minimum atomic E-state index is -0.315. The fourth-order valence-electron chi connectivity index (χ4n) is 2.56. The van der Waals surface area contributed by atoms with Crippen molar-refractivity contribution in [2.24, 2.45) is 0 Å². The second kappa shape index (κ2) is 6.29. The molecule has 1 aromatic rings. The molecule has 0 bridgehead atoms. The largest absolute Gasteiger partial charge is 0.395 e. The Kier molecular flexibility index (Phi) is 4.72. The van der Waals surface area contributed by atoms with Crippen molar-refractivity contribution in [3.05, 3.63) is 35.4 Å². The van der Waals surface area contributed by atoms with E-state index in [1.807, 2.05) is 12.1 Å². The molecule has 0 aliphatic carbocycles. The highest BCUT2D eigenvalue weighted by Crippen LogP contribution is 2.20. The van der Waals surface area contributed by atoms with E-state index in [1.165, 1.54) is 5.56 Å². The number of benzene rings is 1. The molecule has 18 heavy (non-hydrogen) atoms. The average molecular weight is 251 g/mol. The highest BCUT2D eigenvalue weighted by molar-refractivity contribution is 5.23. The van der Waals surface area contributed by atoms with Crippen LogP contribution in [-0.2, 0) is 17.9 Å². The third-order valence-electron chi connectivity index (χ3n) is 3.40. The minimum Gasteiger partial charge on any atom is -0.395 e. The van der Waals surface area contributed by atoms with Crippen LogP contribution < -0.4 is 0 Å². The predicted octanol–water partition coefficient (Wildman–Crippen LogP) is 0.760. The number of aliphatic hydroxyl groups excluding tert-OH is 2. The lowest BCUT2D eigenvalue weighted by Crippen LogP contribution is -2.31. The van der Waals surface area contributed by atoms with Crippen LogP contribution in [0.2, 0.25) is 0 Å². The highest BCUT2D eigenvalue weighted by Gasteiger charge is 2.29. The van der Waals surface area contributed by atoms with Gasteiger partial charge in [0.05, 0.1) is 19.3 Å². The molecule has 2 N–H and O–H groups in total. The maximum Gasteiger partial charge on any atom is 0.0713 e. The molecule has 0 saturated carbocycles. The molecule has 2 rings (SSSR count). The lowest BCUT2D eigenvalue weighted by atomic mass is 10.1. The van der Waals surface area contributed by atoms with Gasteiger partial charge in [0.2, 0.25) is 0 Å². The maximum absolute atomic E-state index is 9.65. The van der Waals surface area contributed by atoms with Crippen LogP contribution in [0.25, 0.3) is 0 Å². The molecule has 1 saturated heterocycles. The van der Waals surface area contributed by atoms with Gasteiger partial charge in [-0.3, -0.25) is 4.90 Å². The minimum absolute atomic E-state index is 0.0751. The molecule has 1 fully saturated rings. The third-order valence-corrected chi connectivity index (χ3v) is 3.40. The average Bonchev–Trinajstić information content (AvgIpc) is 2.70. The van der Waals surface area contributed by atoms with Gasteiger partial charge in [0.25, 0.3) is 0 Å². The fraction of sp³-hybridized carbons (Fsp3) is 0.571. The first-order valence-corrected chi connectivity index (χ1v) is 6.32. The van der Waals surface area contributed by atoms with Crippen molar-refractivity contribution >= 4 is 0 Å². The number of hydrogen-bond acceptors (Lipinski definition) is 4. The summed E-state index contributed by atoms with van der Waals surface area (Å²) in [4.78, 5) is 2.14. The molecule has 1 heterocycles. The predicted molar refractivity (Wildman–Crippen MR) is 69.1 cm³/mol. The van der Waals surface area contributed by atoms with Crippen LogP contribution in [-0.4, -0.2) is 47.5 Å². The lowest BCUT2D eigenvalue weighted by Gasteiger charge is -2.22. The van der Waals surface area contributed by atoms with Crippen LogP contribution in [0.15, 0.2) is 24.3 Å². The molecule has 100 valence electrons. The second-order valence-corrected chi connectivity index (χ2v) is 4.91. The zero-order valence-corrected chi connectivity index (χ0v) is 10.7. The van der Waals surface area contributed by atoms with Crippen molar-refractivity contribution in [2.75, 3.05) is 20.3 Å². The first-order chi connectivity index (χ1) is 8.72. The summed E-state index contributed by atoms with van der Waals surface area (Å²) in [7, 11) is 1.69. The summed E-state index contributed by atoms with van der Waals surface area (Å²) in [6.45, 7) is 2.12. The van der Waals surface area contributed by atoms with E-state index in [1.54, 1.807) is 7.11 Å². The van der Waals surface area contributed by atoms with Crippen LogP contribution >= 0.6 is 0 Å². The van der Waals surface area contributed by atoms with Gasteiger partial charge in [-0.2, -0.15) is 0 Å². The maximum atomic E-state index is 9.65. The Morgan fingerprint density at radius 1 is 1.39 bits per heavy atom. The van der Waals surface area contributed by atoms with Crippen molar-refractivity contribution in [1.82, 2.24) is 4.90 Å². The van der Waals surface area contributed by atoms with Crippen molar-refractivity contribution in [1.29, 1.82) is 0 Å². The smallest absolute Gasteiger partial charge is 0.0713 e. The number of rotatable bonds is 5. The first-order valence-electron chi connectivity index (χ1n) is 6.32. The summed E-state index contributed by atoms with van der Waals surface area (Å²) < 4.78 is 5.12. The number of likely N-dealkylation sites (tertiary alicyclic amines) is 1. The van der Waals surface area contributed by atoms with Gasteiger partial charge in [-0.05, 0) is 17.5 Å². The number of hydrogen-bond donors (Lipinski definition) is 2. The molecule has 0 radical (unpaired) electrons. The standard InChI is InChI=1S/C14H21NO3/c1-18-10-12-4-2-3-11(5-12)7-15-8-14(17)6-13(15)9-16/h2-5,13-14,16-17H,6-10H2,1H3/t13-,14-/m0/s1. The van der Waals surface area contributed by atoms with Crippen LogP contribution in [0.1, 0.15) is 17.5 Å². The molecule has 2 atom stereocenters. The highest BCUT2D eigenvalue weighted by atomic mass is 16.5. The Hall–Kier alpha value is -0.940. The van der Waals surface area contributed by atoms with Gasteiger partial charge in [0.15, 0.2) is 0 Å². The van der Waals surface area contributed by atoms with Crippen molar-refractivity contribution in [3.8, 4) is 0 Å². The molecular formula is C14H21NO3. The Morgan fingerprint density at radius 2 is 2.17 bits per heavy atom. The molecule has 0 unspecified atom stereocenters.